The van der Waals surface area contributed by atoms with E-state index in [1.165, 1.54) is 0 Å². The third-order valence-corrected chi connectivity index (χ3v) is 3.76. The maximum atomic E-state index is 12.0. The summed E-state index contributed by atoms with van der Waals surface area (Å²) >= 11 is 0. The summed E-state index contributed by atoms with van der Waals surface area (Å²) in [5.74, 6) is 2.58. The molecular weight excluding hydrogens is 280 g/mol. The SMILES string of the molecule is CC(Oc1ccccc1)C(=O)NCCc1nnc2n1CCC2. The fraction of sp³-hybridized carbons (Fsp3) is 0.438. The van der Waals surface area contributed by atoms with Crippen LogP contribution >= 0.6 is 0 Å². The maximum Gasteiger partial charge on any atom is 0.260 e. The number of nitrogens with zero attached hydrogens (tertiary/aromatic N) is 3. The number of aryl methyl sites for hydroxylation is 1. The molecule has 3 rings (SSSR count). The van der Waals surface area contributed by atoms with Crippen LogP contribution in [-0.4, -0.2) is 33.3 Å². The van der Waals surface area contributed by atoms with E-state index < -0.39 is 6.10 Å². The van der Waals surface area contributed by atoms with Crippen molar-refractivity contribution in [2.24, 2.45) is 0 Å². The summed E-state index contributed by atoms with van der Waals surface area (Å²) in [6.07, 6.45) is 2.30. The predicted octanol–water partition coefficient (Wildman–Crippen LogP) is 1.35. The second-order valence-corrected chi connectivity index (χ2v) is 5.40. The molecule has 0 bridgehead atoms. The molecule has 0 aliphatic carbocycles. The number of hydrogen-bond acceptors (Lipinski definition) is 4. The van der Waals surface area contributed by atoms with Gasteiger partial charge in [0.05, 0.1) is 0 Å². The molecule has 1 aromatic carbocycles. The summed E-state index contributed by atoms with van der Waals surface area (Å²) in [6.45, 7) is 3.27. The fourth-order valence-electron chi connectivity index (χ4n) is 2.59. The zero-order chi connectivity index (χ0) is 15.4. The predicted molar refractivity (Wildman–Crippen MR) is 81.6 cm³/mol. The van der Waals surface area contributed by atoms with Gasteiger partial charge in [0.2, 0.25) is 0 Å². The maximum absolute atomic E-state index is 12.0. The van der Waals surface area contributed by atoms with Crippen molar-refractivity contribution in [1.82, 2.24) is 20.1 Å². The highest BCUT2D eigenvalue weighted by atomic mass is 16.5. The fourth-order valence-corrected chi connectivity index (χ4v) is 2.59. The van der Waals surface area contributed by atoms with E-state index in [1.807, 2.05) is 30.3 Å². The molecule has 1 aliphatic heterocycles. The van der Waals surface area contributed by atoms with Gasteiger partial charge < -0.3 is 14.6 Å². The molecule has 116 valence electrons. The minimum Gasteiger partial charge on any atom is -0.481 e. The quantitative estimate of drug-likeness (QED) is 0.874. The number of fused-ring (bicyclic) bond motifs is 1. The first kappa shape index (κ1) is 14.6. The Bertz CT molecular complexity index is 639. The summed E-state index contributed by atoms with van der Waals surface area (Å²) in [5.41, 5.74) is 0. The molecule has 1 amide bonds. The van der Waals surface area contributed by atoms with Crippen LogP contribution in [0.2, 0.25) is 0 Å². The molecule has 2 aromatic rings. The number of para-hydroxylation sites is 1. The van der Waals surface area contributed by atoms with Crippen molar-refractivity contribution in [3.63, 3.8) is 0 Å². The number of ether oxygens (including phenoxy) is 1. The molecule has 1 unspecified atom stereocenters. The first-order valence-corrected chi connectivity index (χ1v) is 7.64. The van der Waals surface area contributed by atoms with Crippen LogP contribution in [0.25, 0.3) is 0 Å². The van der Waals surface area contributed by atoms with Crippen molar-refractivity contribution in [2.45, 2.75) is 38.8 Å². The smallest absolute Gasteiger partial charge is 0.260 e. The third-order valence-electron chi connectivity index (χ3n) is 3.76. The van der Waals surface area contributed by atoms with E-state index in [0.717, 1.165) is 31.0 Å². The molecule has 22 heavy (non-hydrogen) atoms. The van der Waals surface area contributed by atoms with Gasteiger partial charge in [-0.3, -0.25) is 4.79 Å². The topological polar surface area (TPSA) is 69.0 Å². The Labute approximate surface area is 129 Å². The molecule has 0 spiro atoms. The van der Waals surface area contributed by atoms with Gasteiger partial charge in [-0.25, -0.2) is 0 Å². The van der Waals surface area contributed by atoms with Crippen LogP contribution in [0.15, 0.2) is 30.3 Å². The van der Waals surface area contributed by atoms with Gasteiger partial charge >= 0.3 is 0 Å². The molecule has 0 fully saturated rings. The Hall–Kier alpha value is -2.37. The standard InChI is InChI=1S/C16H20N4O2/c1-12(22-13-6-3-2-4-7-13)16(21)17-10-9-15-19-18-14-8-5-11-20(14)15/h2-4,6-7,12H,5,8-11H2,1H3,(H,17,21). The lowest BCUT2D eigenvalue weighted by molar-refractivity contribution is -0.127. The van der Waals surface area contributed by atoms with E-state index in [1.54, 1.807) is 6.92 Å². The van der Waals surface area contributed by atoms with Crippen molar-refractivity contribution in [2.75, 3.05) is 6.54 Å². The molecule has 1 aromatic heterocycles. The molecule has 1 N–H and O–H groups in total. The Morgan fingerprint density at radius 1 is 1.36 bits per heavy atom. The lowest BCUT2D eigenvalue weighted by Crippen LogP contribution is -2.37. The van der Waals surface area contributed by atoms with Gasteiger partial charge in [-0.1, -0.05) is 18.2 Å². The second kappa shape index (κ2) is 6.60. The molecule has 6 heteroatoms. The molecule has 1 atom stereocenters. The molecule has 0 saturated carbocycles. The zero-order valence-corrected chi connectivity index (χ0v) is 12.7. The van der Waals surface area contributed by atoms with E-state index >= 15 is 0 Å². The Morgan fingerprint density at radius 3 is 3.00 bits per heavy atom. The molecule has 0 radical (unpaired) electrons. The van der Waals surface area contributed by atoms with Crippen molar-refractivity contribution >= 4 is 5.91 Å². The van der Waals surface area contributed by atoms with Gasteiger partial charge in [0.1, 0.15) is 17.4 Å². The molecule has 2 heterocycles. The number of nitrogens with one attached hydrogen (secondary N) is 1. The van der Waals surface area contributed by atoms with Gasteiger partial charge in [-0.15, -0.1) is 10.2 Å². The van der Waals surface area contributed by atoms with Crippen molar-refractivity contribution in [1.29, 1.82) is 0 Å². The van der Waals surface area contributed by atoms with Crippen LogP contribution in [-0.2, 0) is 24.2 Å². The summed E-state index contributed by atoms with van der Waals surface area (Å²) in [7, 11) is 0. The second-order valence-electron chi connectivity index (χ2n) is 5.40. The monoisotopic (exact) mass is 300 g/mol. The first-order chi connectivity index (χ1) is 10.7. The number of carbonyl (C=O) groups excluding carboxylic acids is 1. The van der Waals surface area contributed by atoms with Crippen LogP contribution in [0.3, 0.4) is 0 Å². The van der Waals surface area contributed by atoms with Crippen molar-refractivity contribution < 1.29 is 9.53 Å². The number of carbonyl (C=O) groups is 1. The Balaban J connectivity index is 1.46. The van der Waals surface area contributed by atoms with Crippen LogP contribution < -0.4 is 10.1 Å². The summed E-state index contributed by atoms with van der Waals surface area (Å²) in [5, 5.41) is 11.2. The average Bonchev–Trinajstić information content (AvgIpc) is 3.12. The lowest BCUT2D eigenvalue weighted by Gasteiger charge is -2.14. The Morgan fingerprint density at radius 2 is 2.18 bits per heavy atom. The van der Waals surface area contributed by atoms with E-state index in [2.05, 4.69) is 20.1 Å². The lowest BCUT2D eigenvalue weighted by atomic mass is 10.3. The average molecular weight is 300 g/mol. The van der Waals surface area contributed by atoms with Gasteiger partial charge in [-0.2, -0.15) is 0 Å². The van der Waals surface area contributed by atoms with Gasteiger partial charge in [-0.05, 0) is 25.5 Å². The van der Waals surface area contributed by atoms with E-state index in [9.17, 15) is 4.79 Å². The Kier molecular flexibility index (Phi) is 4.37. The molecule has 1 aliphatic rings. The third kappa shape index (κ3) is 3.27. The summed E-state index contributed by atoms with van der Waals surface area (Å²) in [6, 6.07) is 9.35. The molecule has 6 nitrogen and oxygen atoms in total. The largest absolute Gasteiger partial charge is 0.481 e. The zero-order valence-electron chi connectivity index (χ0n) is 12.7. The molecule has 0 saturated heterocycles. The molecular formula is C16H20N4O2. The van der Waals surface area contributed by atoms with Crippen molar-refractivity contribution in [3.8, 4) is 5.75 Å². The van der Waals surface area contributed by atoms with Crippen LogP contribution in [0.5, 0.6) is 5.75 Å². The van der Waals surface area contributed by atoms with Gasteiger partial charge in [0.15, 0.2) is 6.10 Å². The number of amides is 1. The minimum absolute atomic E-state index is 0.120. The number of hydrogen-bond donors (Lipinski definition) is 1. The van der Waals surface area contributed by atoms with E-state index in [-0.39, 0.29) is 5.91 Å². The van der Waals surface area contributed by atoms with E-state index in [4.69, 9.17) is 4.74 Å². The first-order valence-electron chi connectivity index (χ1n) is 7.64. The number of rotatable bonds is 6. The van der Waals surface area contributed by atoms with Crippen LogP contribution in [0.1, 0.15) is 25.0 Å². The van der Waals surface area contributed by atoms with Gasteiger partial charge in [0.25, 0.3) is 5.91 Å². The number of aromatic nitrogens is 3. The summed E-state index contributed by atoms with van der Waals surface area (Å²) in [4.78, 5) is 12.0. The van der Waals surface area contributed by atoms with Crippen LogP contribution in [0, 0.1) is 0 Å². The van der Waals surface area contributed by atoms with Crippen molar-refractivity contribution in [3.05, 3.63) is 42.0 Å². The highest BCUT2D eigenvalue weighted by Gasteiger charge is 2.18. The summed E-state index contributed by atoms with van der Waals surface area (Å²) < 4.78 is 7.74. The minimum atomic E-state index is -0.522. The normalized spacial score (nSPS) is 14.4. The number of benzene rings is 1. The van der Waals surface area contributed by atoms with Crippen LogP contribution in [0.4, 0.5) is 0 Å². The van der Waals surface area contributed by atoms with E-state index in [0.29, 0.717) is 18.7 Å². The highest BCUT2D eigenvalue weighted by Crippen LogP contribution is 2.14. The van der Waals surface area contributed by atoms with Gasteiger partial charge in [0, 0.05) is 25.9 Å². The highest BCUT2D eigenvalue weighted by molar-refractivity contribution is 5.80.